The summed E-state index contributed by atoms with van der Waals surface area (Å²) in [5.41, 5.74) is 5.07. The van der Waals surface area contributed by atoms with Gasteiger partial charge < -0.3 is 9.64 Å². The lowest BCUT2D eigenvalue weighted by atomic mass is 9.84. The first-order chi connectivity index (χ1) is 16.4. The van der Waals surface area contributed by atoms with Crippen LogP contribution in [0.5, 0.6) is 5.75 Å². The standard InChI is InChI=1S/C30H33ClNO2/c1-21(2)32(3)30(33)25-13-18-29(24-9-14-27(31)15-10-24)26(19-25)20-34-28-16-11-23(12-17-28)22-7-5-4-6-8-22/h7,9-19,21-22H,4-6,8,20H2,1-3H3. The summed E-state index contributed by atoms with van der Waals surface area (Å²) in [6.45, 7) is 4.40. The maximum Gasteiger partial charge on any atom is 0.253 e. The fourth-order valence-corrected chi connectivity index (χ4v) is 4.54. The molecule has 0 aromatic heterocycles. The van der Waals surface area contributed by atoms with Gasteiger partial charge in [0.15, 0.2) is 0 Å². The summed E-state index contributed by atoms with van der Waals surface area (Å²) in [6, 6.07) is 22.2. The number of benzene rings is 3. The maximum atomic E-state index is 13.0. The third-order valence-corrected chi connectivity index (χ3v) is 6.98. The fourth-order valence-electron chi connectivity index (χ4n) is 4.42. The van der Waals surface area contributed by atoms with Crippen LogP contribution in [0.3, 0.4) is 0 Å². The van der Waals surface area contributed by atoms with Gasteiger partial charge in [-0.25, -0.2) is 0 Å². The van der Waals surface area contributed by atoms with Crippen molar-refractivity contribution < 1.29 is 9.53 Å². The van der Waals surface area contributed by atoms with Crippen molar-refractivity contribution in [3.05, 3.63) is 94.9 Å². The Morgan fingerprint density at radius 2 is 1.76 bits per heavy atom. The molecule has 4 heteroatoms. The molecule has 1 unspecified atom stereocenters. The van der Waals surface area contributed by atoms with E-state index in [4.69, 9.17) is 16.3 Å². The highest BCUT2D eigenvalue weighted by molar-refractivity contribution is 6.30. The average molecular weight is 475 g/mol. The third kappa shape index (κ3) is 5.82. The lowest BCUT2D eigenvalue weighted by Crippen LogP contribution is -2.33. The van der Waals surface area contributed by atoms with Gasteiger partial charge in [-0.05, 0) is 97.7 Å². The average Bonchev–Trinajstić information content (AvgIpc) is 2.87. The zero-order chi connectivity index (χ0) is 24.1. The molecule has 1 atom stereocenters. The van der Waals surface area contributed by atoms with Crippen LogP contribution < -0.4 is 4.74 Å². The Morgan fingerprint density at radius 1 is 1.03 bits per heavy atom. The van der Waals surface area contributed by atoms with E-state index < -0.39 is 0 Å². The van der Waals surface area contributed by atoms with Crippen LogP contribution >= 0.6 is 11.6 Å². The number of halogens is 1. The molecule has 0 N–H and O–H groups in total. The second-order valence-corrected chi connectivity index (χ2v) is 9.81. The van der Waals surface area contributed by atoms with Crippen LogP contribution in [0.15, 0.2) is 66.7 Å². The van der Waals surface area contributed by atoms with Crippen molar-refractivity contribution in [3.63, 3.8) is 0 Å². The van der Waals surface area contributed by atoms with Crippen LogP contribution in [-0.2, 0) is 6.61 Å². The molecule has 1 saturated carbocycles. The van der Waals surface area contributed by atoms with Crippen LogP contribution in [0.2, 0.25) is 5.02 Å². The van der Waals surface area contributed by atoms with Gasteiger partial charge in [-0.2, -0.15) is 0 Å². The van der Waals surface area contributed by atoms with Gasteiger partial charge in [0.1, 0.15) is 12.4 Å². The van der Waals surface area contributed by atoms with Crippen LogP contribution in [0.25, 0.3) is 11.1 Å². The van der Waals surface area contributed by atoms with Crippen molar-refractivity contribution >= 4 is 17.5 Å². The zero-order valence-electron chi connectivity index (χ0n) is 20.3. The molecule has 0 heterocycles. The van der Waals surface area contributed by atoms with E-state index in [1.807, 2.05) is 63.4 Å². The molecule has 1 fully saturated rings. The molecule has 3 aromatic rings. The minimum atomic E-state index is 0.00647. The molecule has 0 aliphatic heterocycles. The van der Waals surface area contributed by atoms with E-state index in [1.54, 1.807) is 4.90 Å². The molecular formula is C30H33ClNO2. The first-order valence-electron chi connectivity index (χ1n) is 12.1. The smallest absolute Gasteiger partial charge is 0.253 e. The van der Waals surface area contributed by atoms with Gasteiger partial charge >= 0.3 is 0 Å². The van der Waals surface area contributed by atoms with Crippen molar-refractivity contribution in [1.82, 2.24) is 4.90 Å². The SMILES string of the molecule is CC(C)N(C)C(=O)c1ccc(-c2ccc(Cl)cc2)c(COc2ccc(C3[CH]CCCC3)cc2)c1. The Morgan fingerprint density at radius 3 is 2.41 bits per heavy atom. The Labute approximate surface area is 208 Å². The van der Waals surface area contributed by atoms with Crippen molar-refractivity contribution in [2.75, 3.05) is 7.05 Å². The van der Waals surface area contributed by atoms with Gasteiger partial charge in [-0.15, -0.1) is 0 Å². The van der Waals surface area contributed by atoms with Crippen molar-refractivity contribution in [1.29, 1.82) is 0 Å². The molecule has 34 heavy (non-hydrogen) atoms. The van der Waals surface area contributed by atoms with Gasteiger partial charge in [-0.1, -0.05) is 54.8 Å². The van der Waals surface area contributed by atoms with Gasteiger partial charge in [0, 0.05) is 23.7 Å². The predicted molar refractivity (Wildman–Crippen MR) is 140 cm³/mol. The maximum absolute atomic E-state index is 13.0. The van der Waals surface area contributed by atoms with Crippen molar-refractivity contribution in [2.45, 2.75) is 58.1 Å². The summed E-state index contributed by atoms with van der Waals surface area (Å²) >= 11 is 6.10. The highest BCUT2D eigenvalue weighted by Gasteiger charge is 2.18. The zero-order valence-corrected chi connectivity index (χ0v) is 21.0. The number of rotatable bonds is 7. The quantitative estimate of drug-likeness (QED) is 0.348. The number of carbonyl (C=O) groups excluding carboxylic acids is 1. The highest BCUT2D eigenvalue weighted by atomic mass is 35.5. The molecule has 3 aromatic carbocycles. The Hall–Kier alpha value is -2.78. The second kappa shape index (κ2) is 11.1. The first kappa shape index (κ1) is 24.3. The van der Waals surface area contributed by atoms with Crippen LogP contribution in [0.1, 0.15) is 66.9 Å². The highest BCUT2D eigenvalue weighted by Crippen LogP contribution is 2.33. The van der Waals surface area contributed by atoms with Gasteiger partial charge in [-0.3, -0.25) is 4.79 Å². The molecule has 1 amide bonds. The molecule has 0 spiro atoms. The van der Waals surface area contributed by atoms with Crippen LogP contribution in [0.4, 0.5) is 0 Å². The van der Waals surface area contributed by atoms with Crippen molar-refractivity contribution in [2.24, 2.45) is 0 Å². The lowest BCUT2D eigenvalue weighted by molar-refractivity contribution is 0.0755. The van der Waals surface area contributed by atoms with Crippen LogP contribution in [0, 0.1) is 6.42 Å². The Bertz CT molecular complexity index is 1100. The normalized spacial score (nSPS) is 14.3. The van der Waals surface area contributed by atoms with E-state index in [1.165, 1.54) is 31.2 Å². The molecule has 4 rings (SSSR count). The first-order valence-corrected chi connectivity index (χ1v) is 12.5. The molecule has 1 aliphatic carbocycles. The predicted octanol–water partition coefficient (Wildman–Crippen LogP) is 7.93. The Balaban J connectivity index is 1.57. The molecule has 0 saturated heterocycles. The third-order valence-electron chi connectivity index (χ3n) is 6.73. The summed E-state index contributed by atoms with van der Waals surface area (Å²) in [7, 11) is 1.83. The van der Waals surface area contributed by atoms with Crippen molar-refractivity contribution in [3.8, 4) is 16.9 Å². The fraction of sp³-hybridized carbons (Fsp3) is 0.333. The van der Waals surface area contributed by atoms with E-state index in [0.717, 1.165) is 22.4 Å². The van der Waals surface area contributed by atoms with Gasteiger partial charge in [0.25, 0.3) is 5.91 Å². The van der Waals surface area contributed by atoms with Gasteiger partial charge in [0.2, 0.25) is 0 Å². The molecule has 0 bridgehead atoms. The minimum absolute atomic E-state index is 0.00647. The molecular weight excluding hydrogens is 442 g/mol. The van der Waals surface area contributed by atoms with E-state index >= 15 is 0 Å². The Kier molecular flexibility index (Phi) is 7.95. The largest absolute Gasteiger partial charge is 0.489 e. The lowest BCUT2D eigenvalue weighted by Gasteiger charge is -2.22. The van der Waals surface area contributed by atoms with E-state index in [2.05, 4.69) is 30.7 Å². The molecule has 1 aliphatic rings. The monoisotopic (exact) mass is 474 g/mol. The molecule has 177 valence electrons. The number of hydrogen-bond donors (Lipinski definition) is 0. The van der Waals surface area contributed by atoms with Crippen LogP contribution in [-0.4, -0.2) is 23.9 Å². The van der Waals surface area contributed by atoms with E-state index in [0.29, 0.717) is 23.1 Å². The van der Waals surface area contributed by atoms with E-state index in [-0.39, 0.29) is 11.9 Å². The minimum Gasteiger partial charge on any atom is -0.489 e. The van der Waals surface area contributed by atoms with Gasteiger partial charge in [0.05, 0.1) is 0 Å². The second-order valence-electron chi connectivity index (χ2n) is 9.37. The summed E-state index contributed by atoms with van der Waals surface area (Å²) < 4.78 is 6.20. The van der Waals surface area contributed by atoms with E-state index in [9.17, 15) is 4.79 Å². The topological polar surface area (TPSA) is 29.5 Å². The summed E-state index contributed by atoms with van der Waals surface area (Å²) in [5, 5.41) is 0.696. The molecule has 1 radical (unpaired) electrons. The number of hydrogen-bond acceptors (Lipinski definition) is 2. The summed E-state index contributed by atoms with van der Waals surface area (Å²) in [5.74, 6) is 1.39. The summed E-state index contributed by atoms with van der Waals surface area (Å²) in [6.07, 6.45) is 7.48. The number of carbonyl (C=O) groups is 1. The molecule has 3 nitrogen and oxygen atoms in total. The number of amides is 1. The number of nitrogens with zero attached hydrogens (tertiary/aromatic N) is 1. The number of ether oxygens (including phenoxy) is 1. The summed E-state index contributed by atoms with van der Waals surface area (Å²) in [4.78, 5) is 14.7.